The Morgan fingerprint density at radius 2 is 1.79 bits per heavy atom. The molecule has 2 fully saturated rings. The third kappa shape index (κ3) is 2.14. The highest BCUT2D eigenvalue weighted by Gasteiger charge is 2.60. The third-order valence-corrected chi connectivity index (χ3v) is 9.13. The van der Waals surface area contributed by atoms with E-state index >= 15 is 0 Å². The zero-order valence-corrected chi connectivity index (χ0v) is 16.7. The number of rotatable bonds is 0. The van der Waals surface area contributed by atoms with Gasteiger partial charge in [-0.05, 0) is 73.0 Å². The van der Waals surface area contributed by atoms with Crippen LogP contribution in [0.25, 0.3) is 0 Å². The molecule has 3 aliphatic rings. The van der Waals surface area contributed by atoms with Gasteiger partial charge in [0.25, 0.3) is 0 Å². The second-order valence-corrected chi connectivity index (χ2v) is 10.9. The predicted molar refractivity (Wildman–Crippen MR) is 103 cm³/mol. The van der Waals surface area contributed by atoms with Crippen LogP contribution in [0.2, 0.25) is 0 Å². The number of phenols is 1. The van der Waals surface area contributed by atoms with Gasteiger partial charge in [-0.2, -0.15) is 0 Å². The first-order valence-corrected chi connectivity index (χ1v) is 10.6. The van der Waals surface area contributed by atoms with Crippen molar-refractivity contribution in [3.8, 4) is 5.75 Å². The molecule has 4 rings (SSSR count). The van der Waals surface area contributed by atoms with Crippen molar-refractivity contribution in [3.63, 3.8) is 0 Å². The second-order valence-electron chi connectivity index (χ2n) is 9.88. The molecule has 0 radical (unpaired) electrons. The summed E-state index contributed by atoms with van der Waals surface area (Å²) >= 11 is 2.00. The van der Waals surface area contributed by atoms with Gasteiger partial charge < -0.3 is 5.11 Å². The Balaban J connectivity index is 1.84. The number of thioether (sulfide) groups is 1. The lowest BCUT2D eigenvalue weighted by atomic mass is 9.43. The summed E-state index contributed by atoms with van der Waals surface area (Å²) < 4.78 is 0. The lowest BCUT2D eigenvalue weighted by Crippen LogP contribution is -2.58. The van der Waals surface area contributed by atoms with Crippen LogP contribution >= 0.6 is 11.8 Å². The van der Waals surface area contributed by atoms with Crippen molar-refractivity contribution in [3.05, 3.63) is 23.3 Å². The number of benzene rings is 1. The minimum absolute atomic E-state index is 0.136. The summed E-state index contributed by atoms with van der Waals surface area (Å²) in [4.78, 5) is 1.34. The number of phenolic OH excluding ortho intramolecular Hbond substituents is 1. The van der Waals surface area contributed by atoms with E-state index < -0.39 is 0 Å². The Hall–Kier alpha value is -0.630. The van der Waals surface area contributed by atoms with Crippen LogP contribution in [0.4, 0.5) is 0 Å². The molecule has 0 amide bonds. The number of aromatic hydroxyl groups is 1. The molecule has 4 atom stereocenters. The summed E-state index contributed by atoms with van der Waals surface area (Å²) in [5.41, 5.74) is 3.46. The quantitative estimate of drug-likeness (QED) is 0.595. The summed E-state index contributed by atoms with van der Waals surface area (Å²) in [5.74, 6) is 3.26. The molecular formula is C22H32OS. The van der Waals surface area contributed by atoms with Crippen molar-refractivity contribution in [2.24, 2.45) is 22.7 Å². The fourth-order valence-corrected chi connectivity index (χ4v) is 8.76. The molecule has 2 heteroatoms. The standard InChI is InChI=1S/C22H32OS/c1-14-11-15(23)19-16(12-14)24-13-18-21(4)9-6-8-20(2,3)17(21)7-10-22(18,19)5/h11-12,17-18,23H,6-10,13H2,1-5H3/t17-,18+,21-,22+/m0/s1. The highest BCUT2D eigenvalue weighted by molar-refractivity contribution is 7.99. The maximum Gasteiger partial charge on any atom is 0.120 e. The molecule has 0 saturated heterocycles. The Labute approximate surface area is 151 Å². The molecule has 132 valence electrons. The molecule has 1 N–H and O–H groups in total. The fourth-order valence-electron chi connectivity index (χ4n) is 6.92. The fraction of sp³-hybridized carbons (Fsp3) is 0.727. The minimum atomic E-state index is 0.136. The Morgan fingerprint density at radius 1 is 1.04 bits per heavy atom. The number of hydrogen-bond donors (Lipinski definition) is 1. The van der Waals surface area contributed by atoms with Gasteiger partial charge in [0.15, 0.2) is 0 Å². The van der Waals surface area contributed by atoms with Crippen LogP contribution in [0.3, 0.4) is 0 Å². The summed E-state index contributed by atoms with van der Waals surface area (Å²) in [6, 6.07) is 4.27. The first kappa shape index (κ1) is 16.8. The highest BCUT2D eigenvalue weighted by Crippen LogP contribution is 2.68. The SMILES string of the molecule is Cc1cc(O)c2c(c1)SC[C@@H]1[C@@]3(C)CCCC(C)(C)[C@@H]3CC[C@@]21C. The normalized spacial score (nSPS) is 40.4. The second kappa shape index (κ2) is 5.19. The van der Waals surface area contributed by atoms with Gasteiger partial charge in [0.05, 0.1) is 0 Å². The predicted octanol–water partition coefficient (Wildman–Crippen LogP) is 6.31. The van der Waals surface area contributed by atoms with Crippen LogP contribution in [-0.2, 0) is 5.41 Å². The number of fused-ring (bicyclic) bond motifs is 5. The largest absolute Gasteiger partial charge is 0.508 e. The minimum Gasteiger partial charge on any atom is -0.508 e. The van der Waals surface area contributed by atoms with E-state index in [2.05, 4.69) is 40.7 Å². The van der Waals surface area contributed by atoms with E-state index in [0.717, 1.165) is 5.92 Å². The van der Waals surface area contributed by atoms with Crippen molar-refractivity contribution in [2.75, 3.05) is 5.75 Å². The molecule has 0 spiro atoms. The van der Waals surface area contributed by atoms with E-state index in [1.54, 1.807) is 0 Å². The van der Waals surface area contributed by atoms with Crippen LogP contribution in [0, 0.1) is 29.6 Å². The molecule has 1 heterocycles. The van der Waals surface area contributed by atoms with E-state index in [4.69, 9.17) is 0 Å². The van der Waals surface area contributed by atoms with Crippen molar-refractivity contribution >= 4 is 11.8 Å². The monoisotopic (exact) mass is 344 g/mol. The molecule has 24 heavy (non-hydrogen) atoms. The van der Waals surface area contributed by atoms with E-state index in [9.17, 15) is 5.11 Å². The van der Waals surface area contributed by atoms with Crippen LogP contribution in [0.5, 0.6) is 5.75 Å². The lowest BCUT2D eigenvalue weighted by Gasteiger charge is -2.64. The highest BCUT2D eigenvalue weighted by atomic mass is 32.2. The van der Waals surface area contributed by atoms with Crippen LogP contribution in [-0.4, -0.2) is 10.9 Å². The first-order chi connectivity index (χ1) is 11.2. The number of hydrogen-bond acceptors (Lipinski definition) is 2. The summed E-state index contributed by atoms with van der Waals surface area (Å²) in [5, 5.41) is 10.8. The smallest absolute Gasteiger partial charge is 0.120 e. The first-order valence-electron chi connectivity index (χ1n) is 9.65. The molecule has 2 aliphatic carbocycles. The maximum atomic E-state index is 10.8. The Kier molecular flexibility index (Phi) is 3.64. The Morgan fingerprint density at radius 3 is 2.54 bits per heavy atom. The molecule has 1 aliphatic heterocycles. The molecule has 1 aromatic carbocycles. The van der Waals surface area contributed by atoms with Gasteiger partial charge in [-0.25, -0.2) is 0 Å². The summed E-state index contributed by atoms with van der Waals surface area (Å²) in [6.45, 7) is 12.1. The zero-order chi connectivity index (χ0) is 17.3. The topological polar surface area (TPSA) is 20.2 Å². The lowest BCUT2D eigenvalue weighted by molar-refractivity contribution is -0.0976. The van der Waals surface area contributed by atoms with E-state index in [-0.39, 0.29) is 5.41 Å². The molecule has 0 unspecified atom stereocenters. The third-order valence-electron chi connectivity index (χ3n) is 8.00. The van der Waals surface area contributed by atoms with Gasteiger partial charge in [-0.3, -0.25) is 0 Å². The molecule has 2 saturated carbocycles. The van der Waals surface area contributed by atoms with Crippen LogP contribution in [0.15, 0.2) is 17.0 Å². The van der Waals surface area contributed by atoms with Crippen molar-refractivity contribution in [2.45, 2.75) is 77.0 Å². The molecular weight excluding hydrogens is 312 g/mol. The number of aryl methyl sites for hydroxylation is 1. The molecule has 1 nitrogen and oxygen atoms in total. The summed E-state index contributed by atoms with van der Waals surface area (Å²) in [7, 11) is 0. The molecule has 0 aromatic heterocycles. The summed E-state index contributed by atoms with van der Waals surface area (Å²) in [6.07, 6.45) is 6.65. The Bertz CT molecular complexity index is 679. The average Bonchev–Trinajstić information content (AvgIpc) is 2.44. The van der Waals surface area contributed by atoms with Gasteiger partial charge in [-0.15, -0.1) is 11.8 Å². The van der Waals surface area contributed by atoms with Crippen molar-refractivity contribution in [1.82, 2.24) is 0 Å². The van der Waals surface area contributed by atoms with Crippen molar-refractivity contribution in [1.29, 1.82) is 0 Å². The zero-order valence-electron chi connectivity index (χ0n) is 15.9. The average molecular weight is 345 g/mol. The van der Waals surface area contributed by atoms with Gasteiger partial charge in [-0.1, -0.05) is 34.1 Å². The molecule has 1 aromatic rings. The van der Waals surface area contributed by atoms with Gasteiger partial charge in [0.2, 0.25) is 0 Å². The van der Waals surface area contributed by atoms with Crippen LogP contribution < -0.4 is 0 Å². The van der Waals surface area contributed by atoms with E-state index in [0.29, 0.717) is 22.5 Å². The van der Waals surface area contributed by atoms with Gasteiger partial charge >= 0.3 is 0 Å². The van der Waals surface area contributed by atoms with Gasteiger partial charge in [0, 0.05) is 21.6 Å². The maximum absolute atomic E-state index is 10.8. The van der Waals surface area contributed by atoms with E-state index in [1.165, 1.54) is 53.9 Å². The van der Waals surface area contributed by atoms with Gasteiger partial charge in [0.1, 0.15) is 5.75 Å². The molecule has 0 bridgehead atoms. The van der Waals surface area contributed by atoms with E-state index in [1.807, 2.05) is 17.8 Å². The van der Waals surface area contributed by atoms with Crippen LogP contribution in [0.1, 0.15) is 70.9 Å². The van der Waals surface area contributed by atoms with Crippen molar-refractivity contribution < 1.29 is 5.11 Å².